The average molecular weight is 323 g/mol. The quantitative estimate of drug-likeness (QED) is 0.596. The van der Waals surface area contributed by atoms with Gasteiger partial charge in [0.2, 0.25) is 0 Å². The molecule has 1 aliphatic rings. The van der Waals surface area contributed by atoms with E-state index in [1.165, 1.54) is 35.6 Å². The molecular formula is C17H30N4S. The van der Waals surface area contributed by atoms with E-state index in [2.05, 4.69) is 41.4 Å². The minimum atomic E-state index is 0.506. The highest BCUT2D eigenvalue weighted by atomic mass is 32.1. The SMILES string of the molecule is CCC1(CNC(=NC)NCc2cnc(CC(C)C)s2)CCC1. The number of nitrogens with one attached hydrogen (secondary N) is 2. The molecule has 1 heterocycles. The lowest BCUT2D eigenvalue weighted by Gasteiger charge is -2.41. The van der Waals surface area contributed by atoms with Gasteiger partial charge in [-0.2, -0.15) is 0 Å². The number of aliphatic imine (C=N–C) groups is 1. The molecule has 1 fully saturated rings. The summed E-state index contributed by atoms with van der Waals surface area (Å²) in [7, 11) is 1.84. The predicted octanol–water partition coefficient (Wildman–Crippen LogP) is 3.59. The third kappa shape index (κ3) is 4.70. The number of thiazole rings is 1. The van der Waals surface area contributed by atoms with E-state index < -0.39 is 0 Å². The third-order valence-corrected chi connectivity index (χ3v) is 5.65. The molecule has 0 bridgehead atoms. The molecule has 5 heteroatoms. The van der Waals surface area contributed by atoms with E-state index in [1.807, 2.05) is 13.2 Å². The minimum Gasteiger partial charge on any atom is -0.356 e. The molecular weight excluding hydrogens is 292 g/mol. The van der Waals surface area contributed by atoms with Gasteiger partial charge in [-0.05, 0) is 30.6 Å². The van der Waals surface area contributed by atoms with Crippen molar-refractivity contribution in [2.24, 2.45) is 16.3 Å². The van der Waals surface area contributed by atoms with Crippen LogP contribution in [-0.4, -0.2) is 24.5 Å². The number of rotatable bonds is 7. The van der Waals surface area contributed by atoms with Gasteiger partial charge < -0.3 is 10.6 Å². The van der Waals surface area contributed by atoms with Gasteiger partial charge in [-0.25, -0.2) is 4.98 Å². The van der Waals surface area contributed by atoms with Gasteiger partial charge in [-0.15, -0.1) is 11.3 Å². The van der Waals surface area contributed by atoms with Crippen LogP contribution in [0.2, 0.25) is 0 Å². The second-order valence-electron chi connectivity index (χ2n) is 6.80. The topological polar surface area (TPSA) is 49.3 Å². The van der Waals surface area contributed by atoms with Gasteiger partial charge in [0, 0.05) is 31.1 Å². The van der Waals surface area contributed by atoms with Crippen molar-refractivity contribution in [1.82, 2.24) is 15.6 Å². The molecule has 0 saturated heterocycles. The zero-order valence-electron chi connectivity index (χ0n) is 14.4. The lowest BCUT2D eigenvalue weighted by atomic mass is 9.67. The zero-order chi connectivity index (χ0) is 16.0. The Bertz CT molecular complexity index is 483. The molecule has 2 rings (SSSR count). The maximum Gasteiger partial charge on any atom is 0.191 e. The summed E-state index contributed by atoms with van der Waals surface area (Å²) in [5.74, 6) is 1.56. The van der Waals surface area contributed by atoms with Crippen LogP contribution >= 0.6 is 11.3 Å². The Morgan fingerprint density at radius 3 is 2.73 bits per heavy atom. The lowest BCUT2D eigenvalue weighted by Crippen LogP contribution is -2.45. The van der Waals surface area contributed by atoms with Crippen LogP contribution in [0.4, 0.5) is 0 Å². The Balaban J connectivity index is 1.77. The first kappa shape index (κ1) is 17.3. The first-order chi connectivity index (χ1) is 10.6. The standard InChI is InChI=1S/C17H30N4S/c1-5-17(7-6-8-17)12-21-16(18-4)20-11-14-10-19-15(22-14)9-13(2)3/h10,13H,5-9,11-12H2,1-4H3,(H2,18,20,21). The fraction of sp³-hybridized carbons (Fsp3) is 0.765. The van der Waals surface area contributed by atoms with Crippen molar-refractivity contribution in [3.05, 3.63) is 16.1 Å². The first-order valence-corrected chi connectivity index (χ1v) is 9.26. The van der Waals surface area contributed by atoms with Crippen molar-refractivity contribution in [1.29, 1.82) is 0 Å². The highest BCUT2D eigenvalue weighted by Crippen LogP contribution is 2.42. The molecule has 2 N–H and O–H groups in total. The van der Waals surface area contributed by atoms with Crippen LogP contribution < -0.4 is 10.6 Å². The van der Waals surface area contributed by atoms with E-state index in [4.69, 9.17) is 0 Å². The number of aromatic nitrogens is 1. The largest absolute Gasteiger partial charge is 0.356 e. The van der Waals surface area contributed by atoms with Crippen molar-refractivity contribution < 1.29 is 0 Å². The molecule has 0 radical (unpaired) electrons. The van der Waals surface area contributed by atoms with Crippen LogP contribution in [0.15, 0.2) is 11.2 Å². The number of hydrogen-bond donors (Lipinski definition) is 2. The van der Waals surface area contributed by atoms with E-state index in [1.54, 1.807) is 11.3 Å². The van der Waals surface area contributed by atoms with Crippen molar-refractivity contribution in [3.63, 3.8) is 0 Å². The number of nitrogens with zero attached hydrogens (tertiary/aromatic N) is 2. The zero-order valence-corrected chi connectivity index (χ0v) is 15.2. The molecule has 4 nitrogen and oxygen atoms in total. The molecule has 124 valence electrons. The summed E-state index contributed by atoms with van der Waals surface area (Å²) in [6.07, 6.45) is 8.38. The Hall–Kier alpha value is -1.10. The van der Waals surface area contributed by atoms with Crippen LogP contribution in [0, 0.1) is 11.3 Å². The Morgan fingerprint density at radius 1 is 1.41 bits per heavy atom. The highest BCUT2D eigenvalue weighted by molar-refractivity contribution is 7.11. The van der Waals surface area contributed by atoms with Gasteiger partial charge in [0.1, 0.15) is 0 Å². The Kier molecular flexibility index (Phi) is 6.24. The molecule has 1 aromatic rings. The van der Waals surface area contributed by atoms with Gasteiger partial charge >= 0.3 is 0 Å². The third-order valence-electron chi connectivity index (χ3n) is 4.63. The van der Waals surface area contributed by atoms with E-state index >= 15 is 0 Å². The van der Waals surface area contributed by atoms with E-state index in [9.17, 15) is 0 Å². The highest BCUT2D eigenvalue weighted by Gasteiger charge is 2.34. The second-order valence-corrected chi connectivity index (χ2v) is 8.00. The molecule has 0 unspecified atom stereocenters. The van der Waals surface area contributed by atoms with Gasteiger partial charge in [-0.3, -0.25) is 4.99 Å². The summed E-state index contributed by atoms with van der Waals surface area (Å²) in [5, 5.41) is 8.13. The van der Waals surface area contributed by atoms with Crippen molar-refractivity contribution in [2.75, 3.05) is 13.6 Å². The molecule has 1 aromatic heterocycles. The molecule has 0 spiro atoms. The summed E-state index contributed by atoms with van der Waals surface area (Å²) < 4.78 is 0. The first-order valence-electron chi connectivity index (χ1n) is 8.45. The summed E-state index contributed by atoms with van der Waals surface area (Å²) in [5.41, 5.74) is 0.506. The van der Waals surface area contributed by atoms with E-state index in [0.717, 1.165) is 25.5 Å². The van der Waals surface area contributed by atoms with Gasteiger partial charge in [0.15, 0.2) is 5.96 Å². The van der Waals surface area contributed by atoms with Crippen LogP contribution in [0.5, 0.6) is 0 Å². The number of hydrogen-bond acceptors (Lipinski definition) is 3. The summed E-state index contributed by atoms with van der Waals surface area (Å²) in [4.78, 5) is 10.1. The second kappa shape index (κ2) is 7.95. The molecule has 22 heavy (non-hydrogen) atoms. The van der Waals surface area contributed by atoms with Crippen LogP contribution in [-0.2, 0) is 13.0 Å². The van der Waals surface area contributed by atoms with Gasteiger partial charge in [-0.1, -0.05) is 27.2 Å². The van der Waals surface area contributed by atoms with Crippen LogP contribution in [0.25, 0.3) is 0 Å². The smallest absolute Gasteiger partial charge is 0.191 e. The fourth-order valence-electron chi connectivity index (χ4n) is 2.87. The Morgan fingerprint density at radius 2 is 2.18 bits per heavy atom. The van der Waals surface area contributed by atoms with Crippen molar-refractivity contribution >= 4 is 17.3 Å². The molecule has 1 saturated carbocycles. The lowest BCUT2D eigenvalue weighted by molar-refractivity contribution is 0.131. The van der Waals surface area contributed by atoms with Crippen LogP contribution in [0.3, 0.4) is 0 Å². The number of guanidine groups is 1. The van der Waals surface area contributed by atoms with Gasteiger partial charge in [0.05, 0.1) is 11.6 Å². The molecule has 0 aromatic carbocycles. The van der Waals surface area contributed by atoms with Crippen molar-refractivity contribution in [3.8, 4) is 0 Å². The minimum absolute atomic E-state index is 0.506. The summed E-state index contributed by atoms with van der Waals surface area (Å²) in [6.45, 7) is 8.59. The van der Waals surface area contributed by atoms with Gasteiger partial charge in [0.25, 0.3) is 0 Å². The van der Waals surface area contributed by atoms with E-state index in [-0.39, 0.29) is 0 Å². The Labute approximate surface area is 138 Å². The van der Waals surface area contributed by atoms with E-state index in [0.29, 0.717) is 11.3 Å². The summed E-state index contributed by atoms with van der Waals surface area (Å²) in [6, 6.07) is 0. The predicted molar refractivity (Wildman–Crippen MR) is 95.4 cm³/mol. The molecule has 0 atom stereocenters. The molecule has 0 amide bonds. The van der Waals surface area contributed by atoms with Crippen LogP contribution in [0.1, 0.15) is 56.3 Å². The normalized spacial score (nSPS) is 17.4. The maximum absolute atomic E-state index is 4.50. The average Bonchev–Trinajstić information content (AvgIpc) is 2.88. The fourth-order valence-corrected chi connectivity index (χ4v) is 3.94. The molecule has 1 aliphatic carbocycles. The molecule has 0 aliphatic heterocycles. The summed E-state index contributed by atoms with van der Waals surface area (Å²) >= 11 is 1.80. The monoisotopic (exact) mass is 322 g/mol. The maximum atomic E-state index is 4.50. The van der Waals surface area contributed by atoms with Crippen molar-refractivity contribution in [2.45, 2.75) is 59.4 Å².